The molecule has 0 amide bonds. The summed E-state index contributed by atoms with van der Waals surface area (Å²) in [5, 5.41) is 9.10. The highest BCUT2D eigenvalue weighted by Gasteiger charge is 2.25. The number of aromatic carboxylic acids is 1. The van der Waals surface area contributed by atoms with Crippen molar-refractivity contribution < 1.29 is 23.1 Å². The Balaban J connectivity index is 2.40. The normalized spacial score (nSPS) is 15.2. The Hall–Kier alpha value is -1.64. The van der Waals surface area contributed by atoms with Crippen LogP contribution in [-0.2, 0) is 14.8 Å². The number of benzene rings is 1. The molecule has 1 aliphatic rings. The molecule has 1 aromatic rings. The molecule has 0 spiro atoms. The van der Waals surface area contributed by atoms with Crippen LogP contribution in [0.25, 0.3) is 0 Å². The number of carboxylic acids is 1. The molecule has 1 aliphatic heterocycles. The first-order valence-electron chi connectivity index (χ1n) is 7.06. The number of methoxy groups -OCH3 is 1. The molecule has 0 unspecified atom stereocenters. The Bertz CT molecular complexity index is 639. The summed E-state index contributed by atoms with van der Waals surface area (Å²) in [5.74, 6) is -1.15. The molecule has 7 nitrogen and oxygen atoms in total. The van der Waals surface area contributed by atoms with Crippen LogP contribution in [0.3, 0.4) is 0 Å². The molecule has 8 heteroatoms. The van der Waals surface area contributed by atoms with Gasteiger partial charge in [0.1, 0.15) is 4.90 Å². The summed E-state index contributed by atoms with van der Waals surface area (Å²) in [5.41, 5.74) is 0.502. The Labute approximate surface area is 129 Å². The zero-order chi connectivity index (χ0) is 16.2. The van der Waals surface area contributed by atoms with E-state index in [1.165, 1.54) is 19.2 Å². The molecule has 1 fully saturated rings. The second kappa shape index (κ2) is 7.08. The number of ether oxygens (including phenoxy) is 1. The number of rotatable bonds is 7. The fraction of sp³-hybridized carbons (Fsp3) is 0.500. The highest BCUT2D eigenvalue weighted by Crippen LogP contribution is 2.29. The standard InChI is InChI=1S/C14H20N2O5S/c1-21-9-6-15-22(19,20)13-10-11(14(17)18)4-5-12(13)16-7-2-3-8-16/h4-5,10,15H,2-3,6-9H2,1H3,(H,17,18). The minimum Gasteiger partial charge on any atom is -0.478 e. The van der Waals surface area contributed by atoms with Gasteiger partial charge in [-0.2, -0.15) is 0 Å². The van der Waals surface area contributed by atoms with Gasteiger partial charge in [-0.15, -0.1) is 0 Å². The van der Waals surface area contributed by atoms with Crippen molar-refractivity contribution in [2.75, 3.05) is 38.3 Å². The van der Waals surface area contributed by atoms with Crippen molar-refractivity contribution in [3.05, 3.63) is 23.8 Å². The number of anilines is 1. The molecule has 2 N–H and O–H groups in total. The molecule has 22 heavy (non-hydrogen) atoms. The Morgan fingerprint density at radius 3 is 2.64 bits per heavy atom. The van der Waals surface area contributed by atoms with Gasteiger partial charge in [-0.05, 0) is 31.0 Å². The monoisotopic (exact) mass is 328 g/mol. The molecular weight excluding hydrogens is 308 g/mol. The molecule has 1 aromatic carbocycles. The molecule has 0 bridgehead atoms. The Kier molecular flexibility index (Phi) is 5.38. The lowest BCUT2D eigenvalue weighted by molar-refractivity contribution is 0.0696. The van der Waals surface area contributed by atoms with E-state index in [4.69, 9.17) is 9.84 Å². The van der Waals surface area contributed by atoms with Gasteiger partial charge < -0.3 is 14.7 Å². The number of nitrogens with zero attached hydrogens (tertiary/aromatic N) is 1. The number of hydrogen-bond donors (Lipinski definition) is 2. The predicted octanol–water partition coefficient (Wildman–Crippen LogP) is 0.910. The van der Waals surface area contributed by atoms with Crippen LogP contribution >= 0.6 is 0 Å². The fourth-order valence-electron chi connectivity index (χ4n) is 2.44. The summed E-state index contributed by atoms with van der Waals surface area (Å²) >= 11 is 0. The van der Waals surface area contributed by atoms with Crippen LogP contribution in [0.2, 0.25) is 0 Å². The molecule has 122 valence electrons. The van der Waals surface area contributed by atoms with Crippen molar-refractivity contribution in [1.29, 1.82) is 0 Å². The van der Waals surface area contributed by atoms with E-state index in [0.717, 1.165) is 25.9 Å². The van der Waals surface area contributed by atoms with Crippen molar-refractivity contribution in [2.45, 2.75) is 17.7 Å². The topological polar surface area (TPSA) is 95.9 Å². The van der Waals surface area contributed by atoms with E-state index in [9.17, 15) is 13.2 Å². The lowest BCUT2D eigenvalue weighted by Gasteiger charge is -2.21. The quantitative estimate of drug-likeness (QED) is 0.722. The number of carbonyl (C=O) groups is 1. The van der Waals surface area contributed by atoms with Gasteiger partial charge in [-0.3, -0.25) is 0 Å². The number of hydrogen-bond acceptors (Lipinski definition) is 5. The van der Waals surface area contributed by atoms with Gasteiger partial charge in [0.15, 0.2) is 0 Å². The third-order valence-corrected chi connectivity index (χ3v) is 5.03. The average Bonchev–Trinajstić information content (AvgIpc) is 3.00. The van der Waals surface area contributed by atoms with Gasteiger partial charge in [0.25, 0.3) is 0 Å². The fourth-order valence-corrected chi connectivity index (χ4v) is 3.70. The first-order chi connectivity index (χ1) is 10.5. The van der Waals surface area contributed by atoms with E-state index >= 15 is 0 Å². The molecule has 0 radical (unpaired) electrons. The van der Waals surface area contributed by atoms with Crippen LogP contribution in [-0.4, -0.2) is 52.8 Å². The maximum Gasteiger partial charge on any atom is 0.335 e. The lowest BCUT2D eigenvalue weighted by Crippen LogP contribution is -2.30. The maximum absolute atomic E-state index is 12.5. The summed E-state index contributed by atoms with van der Waals surface area (Å²) < 4.78 is 32.2. The summed E-state index contributed by atoms with van der Waals surface area (Å²) in [6.45, 7) is 1.92. The zero-order valence-electron chi connectivity index (χ0n) is 12.4. The van der Waals surface area contributed by atoms with Gasteiger partial charge in [0.2, 0.25) is 10.0 Å². The average molecular weight is 328 g/mol. The SMILES string of the molecule is COCCNS(=O)(=O)c1cc(C(=O)O)ccc1N1CCCC1. The van der Waals surface area contributed by atoms with Crippen molar-refractivity contribution in [3.8, 4) is 0 Å². The molecule has 1 heterocycles. The smallest absolute Gasteiger partial charge is 0.335 e. The molecule has 0 saturated carbocycles. The van der Waals surface area contributed by atoms with E-state index in [2.05, 4.69) is 4.72 Å². The number of nitrogens with one attached hydrogen (secondary N) is 1. The van der Waals surface area contributed by atoms with Gasteiger partial charge in [-0.25, -0.2) is 17.9 Å². The van der Waals surface area contributed by atoms with Gasteiger partial charge >= 0.3 is 5.97 Å². The largest absolute Gasteiger partial charge is 0.478 e. The van der Waals surface area contributed by atoms with Crippen molar-refractivity contribution >= 4 is 21.7 Å². The summed E-state index contributed by atoms with van der Waals surface area (Å²) in [4.78, 5) is 13.1. The van der Waals surface area contributed by atoms with Gasteiger partial charge in [0.05, 0.1) is 17.9 Å². The summed E-state index contributed by atoms with van der Waals surface area (Å²) in [6, 6.07) is 4.22. The van der Waals surface area contributed by atoms with Gasteiger partial charge in [0, 0.05) is 26.7 Å². The molecular formula is C14H20N2O5S. The van der Waals surface area contributed by atoms with Crippen LogP contribution in [0.4, 0.5) is 5.69 Å². The number of carboxylic acid groups (broad SMARTS) is 1. The third kappa shape index (κ3) is 3.76. The molecule has 0 atom stereocenters. The molecule has 0 aromatic heterocycles. The van der Waals surface area contributed by atoms with Gasteiger partial charge in [-0.1, -0.05) is 0 Å². The highest BCUT2D eigenvalue weighted by atomic mass is 32.2. The van der Waals surface area contributed by atoms with E-state index in [1.807, 2.05) is 4.90 Å². The zero-order valence-corrected chi connectivity index (χ0v) is 13.2. The van der Waals surface area contributed by atoms with Crippen LogP contribution in [0, 0.1) is 0 Å². The minimum absolute atomic E-state index is 0.00500. The summed E-state index contributed by atoms with van der Waals surface area (Å²) in [6.07, 6.45) is 1.99. The first kappa shape index (κ1) is 16.7. The number of sulfonamides is 1. The third-order valence-electron chi connectivity index (χ3n) is 3.54. The van der Waals surface area contributed by atoms with Crippen molar-refractivity contribution in [2.24, 2.45) is 0 Å². The van der Waals surface area contributed by atoms with Crippen molar-refractivity contribution in [1.82, 2.24) is 4.72 Å². The van der Waals surface area contributed by atoms with E-state index in [1.54, 1.807) is 6.07 Å². The van der Waals surface area contributed by atoms with Crippen LogP contribution < -0.4 is 9.62 Å². The second-order valence-electron chi connectivity index (χ2n) is 5.07. The van der Waals surface area contributed by atoms with Crippen LogP contribution in [0.5, 0.6) is 0 Å². The Morgan fingerprint density at radius 2 is 2.05 bits per heavy atom. The Morgan fingerprint density at radius 1 is 1.36 bits per heavy atom. The molecule has 2 rings (SSSR count). The van der Waals surface area contributed by atoms with Crippen molar-refractivity contribution in [3.63, 3.8) is 0 Å². The maximum atomic E-state index is 12.5. The van der Waals surface area contributed by atoms with E-state index in [-0.39, 0.29) is 23.6 Å². The van der Waals surface area contributed by atoms with Crippen LogP contribution in [0.1, 0.15) is 23.2 Å². The first-order valence-corrected chi connectivity index (χ1v) is 8.55. The lowest BCUT2D eigenvalue weighted by atomic mass is 10.2. The second-order valence-corrected chi connectivity index (χ2v) is 6.81. The molecule has 0 aliphatic carbocycles. The summed E-state index contributed by atoms with van der Waals surface area (Å²) in [7, 11) is -2.31. The highest BCUT2D eigenvalue weighted by molar-refractivity contribution is 7.89. The van der Waals surface area contributed by atoms with E-state index < -0.39 is 16.0 Å². The minimum atomic E-state index is -3.79. The van der Waals surface area contributed by atoms with E-state index in [0.29, 0.717) is 5.69 Å². The predicted molar refractivity (Wildman–Crippen MR) is 81.9 cm³/mol. The molecule has 1 saturated heterocycles. The van der Waals surface area contributed by atoms with Crippen LogP contribution in [0.15, 0.2) is 23.1 Å².